The Kier molecular flexibility index (Phi) is 2.90. The molecule has 0 saturated heterocycles. The average molecular weight is 242 g/mol. The molecule has 0 amide bonds. The van der Waals surface area contributed by atoms with Crippen LogP contribution in [0.4, 0.5) is 0 Å². The summed E-state index contributed by atoms with van der Waals surface area (Å²) in [5.41, 5.74) is 10.4. The number of hydrogen-bond donors (Lipinski definition) is 1. The molecule has 1 unspecified atom stereocenters. The average Bonchev–Trinajstić information content (AvgIpc) is 2.72. The van der Waals surface area contributed by atoms with Crippen molar-refractivity contribution in [2.75, 3.05) is 6.54 Å². The second-order valence-electron chi connectivity index (χ2n) is 5.78. The van der Waals surface area contributed by atoms with Gasteiger partial charge in [-0.15, -0.1) is 0 Å². The fourth-order valence-electron chi connectivity index (χ4n) is 3.34. The van der Waals surface area contributed by atoms with Gasteiger partial charge in [-0.3, -0.25) is 0 Å². The standard InChI is InChI=1S/C16H22N2/c1-11(2)14(9-17)15-10-18-8-4-6-12-5-3-7-13(15)16(12)18/h3,5,7,10-11,14H,4,6,8-9,17H2,1-2H3. The number of benzene rings is 1. The summed E-state index contributed by atoms with van der Waals surface area (Å²) < 4.78 is 2.44. The zero-order valence-corrected chi connectivity index (χ0v) is 11.3. The Morgan fingerprint density at radius 1 is 1.33 bits per heavy atom. The van der Waals surface area contributed by atoms with E-state index in [0.29, 0.717) is 11.8 Å². The molecule has 96 valence electrons. The fraction of sp³-hybridized carbons (Fsp3) is 0.500. The van der Waals surface area contributed by atoms with E-state index in [2.05, 4.69) is 42.8 Å². The molecule has 2 nitrogen and oxygen atoms in total. The minimum absolute atomic E-state index is 0.474. The van der Waals surface area contributed by atoms with Crippen molar-refractivity contribution in [1.29, 1.82) is 0 Å². The molecule has 2 heteroatoms. The number of rotatable bonds is 3. The van der Waals surface area contributed by atoms with Crippen LogP contribution in [0.25, 0.3) is 10.9 Å². The van der Waals surface area contributed by atoms with Gasteiger partial charge in [0.25, 0.3) is 0 Å². The third-order valence-electron chi connectivity index (χ3n) is 4.32. The van der Waals surface area contributed by atoms with Gasteiger partial charge in [-0.2, -0.15) is 0 Å². The molecule has 1 atom stereocenters. The van der Waals surface area contributed by atoms with Crippen LogP contribution in [-0.2, 0) is 13.0 Å². The van der Waals surface area contributed by atoms with Crippen LogP contribution < -0.4 is 5.73 Å². The van der Waals surface area contributed by atoms with Gasteiger partial charge in [0.15, 0.2) is 0 Å². The number of hydrogen-bond acceptors (Lipinski definition) is 1. The number of para-hydroxylation sites is 1. The van der Waals surface area contributed by atoms with E-state index >= 15 is 0 Å². The normalized spacial score (nSPS) is 16.4. The van der Waals surface area contributed by atoms with Crippen molar-refractivity contribution in [2.24, 2.45) is 11.7 Å². The first kappa shape index (κ1) is 11.8. The van der Waals surface area contributed by atoms with Crippen LogP contribution in [0.2, 0.25) is 0 Å². The topological polar surface area (TPSA) is 30.9 Å². The summed E-state index contributed by atoms with van der Waals surface area (Å²) in [5.74, 6) is 1.07. The second kappa shape index (κ2) is 4.43. The molecule has 2 heterocycles. The highest BCUT2D eigenvalue weighted by molar-refractivity contribution is 5.87. The molecule has 18 heavy (non-hydrogen) atoms. The highest BCUT2D eigenvalue weighted by Crippen LogP contribution is 2.35. The van der Waals surface area contributed by atoms with E-state index in [4.69, 9.17) is 5.73 Å². The van der Waals surface area contributed by atoms with Gasteiger partial charge in [0.1, 0.15) is 0 Å². The summed E-state index contributed by atoms with van der Waals surface area (Å²) in [6.07, 6.45) is 4.83. The Hall–Kier alpha value is -1.28. The van der Waals surface area contributed by atoms with Crippen LogP contribution >= 0.6 is 0 Å². The molecule has 0 radical (unpaired) electrons. The molecule has 0 aliphatic carbocycles. The van der Waals surface area contributed by atoms with Gasteiger partial charge in [-0.25, -0.2) is 0 Å². The smallest absolute Gasteiger partial charge is 0.0515 e. The predicted octanol–water partition coefficient (Wildman–Crippen LogP) is 3.29. The lowest BCUT2D eigenvalue weighted by molar-refractivity contribution is 0.507. The Labute approximate surface area is 109 Å². The molecule has 1 aliphatic rings. The van der Waals surface area contributed by atoms with E-state index in [1.165, 1.54) is 34.9 Å². The maximum atomic E-state index is 5.99. The van der Waals surface area contributed by atoms with E-state index in [1.807, 2.05) is 0 Å². The summed E-state index contributed by atoms with van der Waals surface area (Å²) in [4.78, 5) is 0. The molecule has 2 N–H and O–H groups in total. The van der Waals surface area contributed by atoms with Gasteiger partial charge in [0.05, 0.1) is 5.52 Å². The Morgan fingerprint density at radius 2 is 2.17 bits per heavy atom. The van der Waals surface area contributed by atoms with Crippen LogP contribution in [0.1, 0.15) is 37.3 Å². The molecule has 1 aromatic heterocycles. The third-order valence-corrected chi connectivity index (χ3v) is 4.32. The molecule has 0 saturated carbocycles. The number of aromatic nitrogens is 1. The minimum Gasteiger partial charge on any atom is -0.347 e. The monoisotopic (exact) mass is 242 g/mol. The van der Waals surface area contributed by atoms with E-state index < -0.39 is 0 Å². The molecular formula is C16H22N2. The highest BCUT2D eigenvalue weighted by Gasteiger charge is 2.22. The maximum absolute atomic E-state index is 5.99. The van der Waals surface area contributed by atoms with Gasteiger partial charge >= 0.3 is 0 Å². The second-order valence-corrected chi connectivity index (χ2v) is 5.78. The van der Waals surface area contributed by atoms with E-state index in [1.54, 1.807) is 0 Å². The lowest BCUT2D eigenvalue weighted by Gasteiger charge is -2.18. The maximum Gasteiger partial charge on any atom is 0.0515 e. The SMILES string of the molecule is CC(C)C(CN)c1cn2c3c(cccc13)CCC2. The quantitative estimate of drug-likeness (QED) is 0.879. The van der Waals surface area contributed by atoms with Crippen molar-refractivity contribution in [3.05, 3.63) is 35.5 Å². The van der Waals surface area contributed by atoms with Crippen molar-refractivity contribution in [3.63, 3.8) is 0 Å². The molecule has 0 bridgehead atoms. The Morgan fingerprint density at radius 3 is 2.89 bits per heavy atom. The summed E-state index contributed by atoms with van der Waals surface area (Å²) in [6, 6.07) is 6.74. The zero-order chi connectivity index (χ0) is 12.7. The molecule has 1 aromatic carbocycles. The van der Waals surface area contributed by atoms with Crippen molar-refractivity contribution < 1.29 is 0 Å². The van der Waals surface area contributed by atoms with E-state index in [0.717, 1.165) is 13.1 Å². The van der Waals surface area contributed by atoms with Crippen LogP contribution in [-0.4, -0.2) is 11.1 Å². The van der Waals surface area contributed by atoms with Crippen LogP contribution in [0.15, 0.2) is 24.4 Å². The van der Waals surface area contributed by atoms with Crippen molar-refractivity contribution >= 4 is 10.9 Å². The van der Waals surface area contributed by atoms with Crippen LogP contribution in [0.3, 0.4) is 0 Å². The van der Waals surface area contributed by atoms with Gasteiger partial charge in [0, 0.05) is 24.0 Å². The third kappa shape index (κ3) is 1.67. The first-order valence-electron chi connectivity index (χ1n) is 7.03. The van der Waals surface area contributed by atoms with Crippen molar-refractivity contribution in [2.45, 2.75) is 39.2 Å². The Bertz CT molecular complexity index is 566. The molecule has 1 aliphatic heterocycles. The molecule has 0 fully saturated rings. The number of aryl methyl sites for hydroxylation is 2. The molecule has 3 rings (SSSR count). The van der Waals surface area contributed by atoms with Crippen molar-refractivity contribution in [1.82, 2.24) is 4.57 Å². The molecule has 2 aromatic rings. The molecular weight excluding hydrogens is 220 g/mol. The summed E-state index contributed by atoms with van der Waals surface area (Å²) in [6.45, 7) is 6.43. The first-order chi connectivity index (χ1) is 8.72. The summed E-state index contributed by atoms with van der Waals surface area (Å²) >= 11 is 0. The zero-order valence-electron chi connectivity index (χ0n) is 11.3. The minimum atomic E-state index is 0.474. The van der Waals surface area contributed by atoms with Gasteiger partial charge in [-0.1, -0.05) is 32.0 Å². The molecule has 0 spiro atoms. The number of nitrogens with zero attached hydrogens (tertiary/aromatic N) is 1. The lowest BCUT2D eigenvalue weighted by atomic mass is 9.88. The summed E-state index contributed by atoms with van der Waals surface area (Å²) in [5, 5.41) is 1.43. The summed E-state index contributed by atoms with van der Waals surface area (Å²) in [7, 11) is 0. The predicted molar refractivity (Wildman–Crippen MR) is 76.9 cm³/mol. The Balaban J connectivity index is 2.23. The highest BCUT2D eigenvalue weighted by atomic mass is 15.0. The fourth-order valence-corrected chi connectivity index (χ4v) is 3.34. The van der Waals surface area contributed by atoms with Gasteiger partial charge in [0.2, 0.25) is 0 Å². The largest absolute Gasteiger partial charge is 0.347 e. The first-order valence-corrected chi connectivity index (χ1v) is 7.03. The van der Waals surface area contributed by atoms with Gasteiger partial charge < -0.3 is 10.3 Å². The van der Waals surface area contributed by atoms with E-state index in [-0.39, 0.29) is 0 Å². The lowest BCUT2D eigenvalue weighted by Crippen LogP contribution is -2.17. The van der Waals surface area contributed by atoms with Crippen molar-refractivity contribution in [3.8, 4) is 0 Å². The van der Waals surface area contributed by atoms with Crippen LogP contribution in [0, 0.1) is 5.92 Å². The van der Waals surface area contributed by atoms with E-state index in [9.17, 15) is 0 Å². The van der Waals surface area contributed by atoms with Crippen LogP contribution in [0.5, 0.6) is 0 Å². The van der Waals surface area contributed by atoms with Gasteiger partial charge in [-0.05, 0) is 36.4 Å². The number of nitrogens with two attached hydrogens (primary N) is 1.